The van der Waals surface area contributed by atoms with E-state index in [1.165, 1.54) is 0 Å². The highest BCUT2D eigenvalue weighted by Crippen LogP contribution is 2.16. The van der Waals surface area contributed by atoms with E-state index >= 15 is 0 Å². The van der Waals surface area contributed by atoms with E-state index in [4.69, 9.17) is 4.74 Å². The van der Waals surface area contributed by atoms with E-state index in [0.29, 0.717) is 38.4 Å². The molecule has 138 valence electrons. The summed E-state index contributed by atoms with van der Waals surface area (Å²) in [5.41, 5.74) is 3.58. The van der Waals surface area contributed by atoms with E-state index in [-0.39, 0.29) is 11.9 Å². The average Bonchev–Trinajstić information content (AvgIpc) is 2.66. The number of nitrogens with one attached hydrogen (secondary N) is 2. The number of allylic oxidation sites excluding steroid dienone is 3. The van der Waals surface area contributed by atoms with Gasteiger partial charge in [0.25, 0.3) is 0 Å². The largest absolute Gasteiger partial charge is 0.378 e. The molecule has 0 radical (unpaired) electrons. The third-order valence-corrected chi connectivity index (χ3v) is 4.57. The summed E-state index contributed by atoms with van der Waals surface area (Å²) in [6, 6.07) is 7.12. The highest BCUT2D eigenvalue weighted by atomic mass is 16.5. The molecule has 1 aromatic carbocycles. The van der Waals surface area contributed by atoms with E-state index in [9.17, 15) is 9.59 Å². The number of amides is 3. The lowest BCUT2D eigenvalue weighted by Crippen LogP contribution is -2.41. The molecule has 0 bridgehead atoms. The molecule has 26 heavy (non-hydrogen) atoms. The van der Waals surface area contributed by atoms with Gasteiger partial charge in [-0.2, -0.15) is 0 Å². The Labute approximate surface area is 153 Å². The fourth-order valence-electron chi connectivity index (χ4n) is 3.04. The molecule has 1 aromatic rings. The predicted octanol–water partition coefficient (Wildman–Crippen LogP) is 2.83. The Morgan fingerprint density at radius 3 is 2.42 bits per heavy atom. The van der Waals surface area contributed by atoms with E-state index in [0.717, 1.165) is 29.7 Å². The predicted molar refractivity (Wildman–Crippen MR) is 101 cm³/mol. The van der Waals surface area contributed by atoms with Gasteiger partial charge in [0, 0.05) is 24.5 Å². The minimum absolute atomic E-state index is 0.109. The first-order chi connectivity index (χ1) is 12.6. The summed E-state index contributed by atoms with van der Waals surface area (Å²) < 4.78 is 5.27. The van der Waals surface area contributed by atoms with Crippen LogP contribution in [0.25, 0.3) is 0 Å². The van der Waals surface area contributed by atoms with Crippen molar-refractivity contribution in [2.45, 2.75) is 26.2 Å². The first-order valence-corrected chi connectivity index (χ1v) is 9.01. The number of rotatable bonds is 4. The van der Waals surface area contributed by atoms with Gasteiger partial charge >= 0.3 is 6.03 Å². The van der Waals surface area contributed by atoms with Crippen molar-refractivity contribution in [2.75, 3.05) is 31.6 Å². The lowest BCUT2D eigenvalue weighted by molar-refractivity contribution is -0.134. The van der Waals surface area contributed by atoms with Crippen LogP contribution in [0.2, 0.25) is 0 Å². The maximum Gasteiger partial charge on any atom is 0.323 e. The van der Waals surface area contributed by atoms with Crippen molar-refractivity contribution in [1.29, 1.82) is 0 Å². The van der Waals surface area contributed by atoms with Gasteiger partial charge in [-0.3, -0.25) is 4.79 Å². The molecule has 2 aliphatic rings. The summed E-state index contributed by atoms with van der Waals surface area (Å²) in [4.78, 5) is 26.2. The van der Waals surface area contributed by atoms with Crippen LogP contribution in [0.3, 0.4) is 0 Å². The van der Waals surface area contributed by atoms with Crippen LogP contribution in [0.5, 0.6) is 0 Å². The van der Waals surface area contributed by atoms with Gasteiger partial charge in [0.1, 0.15) is 0 Å². The normalized spacial score (nSPS) is 17.2. The van der Waals surface area contributed by atoms with Crippen LogP contribution in [0.15, 0.2) is 47.7 Å². The molecule has 3 amide bonds. The van der Waals surface area contributed by atoms with E-state index < -0.39 is 0 Å². The second-order valence-electron chi connectivity index (χ2n) is 6.53. The molecule has 1 heterocycles. The van der Waals surface area contributed by atoms with E-state index in [2.05, 4.69) is 16.7 Å². The molecule has 0 spiro atoms. The minimum Gasteiger partial charge on any atom is -0.378 e. The van der Waals surface area contributed by atoms with Crippen LogP contribution in [-0.4, -0.2) is 43.1 Å². The Morgan fingerprint density at radius 2 is 1.73 bits per heavy atom. The number of hydrogen-bond acceptors (Lipinski definition) is 3. The maximum absolute atomic E-state index is 12.3. The molecular weight excluding hydrogens is 330 g/mol. The van der Waals surface area contributed by atoms with Gasteiger partial charge in [0.2, 0.25) is 5.91 Å². The molecule has 6 nitrogen and oxygen atoms in total. The second kappa shape index (κ2) is 8.67. The number of urea groups is 1. The van der Waals surface area contributed by atoms with E-state index in [1.54, 1.807) is 0 Å². The molecule has 0 aromatic heterocycles. The molecule has 1 aliphatic heterocycles. The van der Waals surface area contributed by atoms with Gasteiger partial charge in [-0.25, -0.2) is 4.79 Å². The second-order valence-corrected chi connectivity index (χ2v) is 6.53. The SMILES string of the molecule is CC1=CCCC=C1NC(=O)Nc1ccc(CC(=O)N2CCOCC2)cc1. The zero-order chi connectivity index (χ0) is 18.4. The fraction of sp³-hybridized carbons (Fsp3) is 0.400. The lowest BCUT2D eigenvalue weighted by Gasteiger charge is -2.26. The highest BCUT2D eigenvalue weighted by molar-refractivity contribution is 5.91. The maximum atomic E-state index is 12.3. The Bertz CT molecular complexity index is 716. The molecule has 1 saturated heterocycles. The van der Waals surface area contributed by atoms with Crippen molar-refractivity contribution in [1.82, 2.24) is 10.2 Å². The number of hydrogen-bond donors (Lipinski definition) is 2. The van der Waals surface area contributed by atoms with Crippen molar-refractivity contribution >= 4 is 17.6 Å². The summed E-state index contributed by atoms with van der Waals surface area (Å²) in [5, 5.41) is 5.70. The van der Waals surface area contributed by atoms with Crippen LogP contribution >= 0.6 is 0 Å². The van der Waals surface area contributed by atoms with Crippen LogP contribution < -0.4 is 10.6 Å². The van der Waals surface area contributed by atoms with Crippen LogP contribution in [0, 0.1) is 0 Å². The molecule has 2 N–H and O–H groups in total. The van der Waals surface area contributed by atoms with E-state index in [1.807, 2.05) is 42.2 Å². The van der Waals surface area contributed by atoms with Crippen molar-refractivity contribution in [3.05, 3.63) is 53.3 Å². The molecular formula is C20H25N3O3. The molecule has 6 heteroatoms. The summed E-state index contributed by atoms with van der Waals surface area (Å²) >= 11 is 0. The van der Waals surface area contributed by atoms with Crippen molar-refractivity contribution in [3.8, 4) is 0 Å². The molecule has 3 rings (SSSR count). The summed E-state index contributed by atoms with van der Waals surface area (Å²) in [7, 11) is 0. The number of ether oxygens (including phenoxy) is 1. The zero-order valence-corrected chi connectivity index (χ0v) is 15.1. The number of anilines is 1. The summed E-state index contributed by atoms with van der Waals surface area (Å²) in [5.74, 6) is 0.109. The van der Waals surface area contributed by atoms with Gasteiger partial charge in [0.05, 0.1) is 19.6 Å². The minimum atomic E-state index is -0.261. The Hall–Kier alpha value is -2.60. The number of benzene rings is 1. The first kappa shape index (κ1) is 18.2. The van der Waals surface area contributed by atoms with Gasteiger partial charge in [0.15, 0.2) is 0 Å². The zero-order valence-electron chi connectivity index (χ0n) is 15.1. The van der Waals surface area contributed by atoms with Crippen molar-refractivity contribution in [3.63, 3.8) is 0 Å². The third kappa shape index (κ3) is 4.95. The lowest BCUT2D eigenvalue weighted by atomic mass is 10.1. The molecule has 1 aliphatic carbocycles. The Morgan fingerprint density at radius 1 is 1.04 bits per heavy atom. The molecule has 0 unspecified atom stereocenters. The van der Waals surface area contributed by atoms with Crippen molar-refractivity contribution < 1.29 is 14.3 Å². The molecule has 0 atom stereocenters. The standard InChI is InChI=1S/C20H25N3O3/c1-15-4-2-3-5-18(15)22-20(25)21-17-8-6-16(7-9-17)14-19(24)23-10-12-26-13-11-23/h4-9H,2-3,10-14H2,1H3,(H2,21,22,25). The quantitative estimate of drug-likeness (QED) is 0.872. The van der Waals surface area contributed by atoms with Gasteiger partial charge < -0.3 is 20.3 Å². The Balaban J connectivity index is 1.51. The van der Waals surface area contributed by atoms with Crippen LogP contribution in [0.1, 0.15) is 25.3 Å². The van der Waals surface area contributed by atoms with Gasteiger partial charge in [-0.15, -0.1) is 0 Å². The van der Waals surface area contributed by atoms with Crippen LogP contribution in [-0.2, 0) is 16.0 Å². The van der Waals surface area contributed by atoms with Crippen LogP contribution in [0.4, 0.5) is 10.5 Å². The third-order valence-electron chi connectivity index (χ3n) is 4.57. The number of carbonyl (C=O) groups excluding carboxylic acids is 2. The average molecular weight is 355 g/mol. The number of morpholine rings is 1. The summed E-state index contributed by atoms with van der Waals surface area (Å²) in [6.45, 7) is 4.51. The highest BCUT2D eigenvalue weighted by Gasteiger charge is 2.17. The van der Waals surface area contributed by atoms with Gasteiger partial charge in [-0.05, 0) is 43.0 Å². The van der Waals surface area contributed by atoms with Crippen molar-refractivity contribution in [2.24, 2.45) is 0 Å². The number of carbonyl (C=O) groups is 2. The topological polar surface area (TPSA) is 70.7 Å². The van der Waals surface area contributed by atoms with Gasteiger partial charge in [-0.1, -0.05) is 24.3 Å². The fourth-order valence-corrected chi connectivity index (χ4v) is 3.04. The molecule has 1 fully saturated rings. The smallest absolute Gasteiger partial charge is 0.323 e. The summed E-state index contributed by atoms with van der Waals surface area (Å²) in [6.07, 6.45) is 6.48. The number of nitrogens with zero attached hydrogens (tertiary/aromatic N) is 1. The Kier molecular flexibility index (Phi) is 6.07. The monoisotopic (exact) mass is 355 g/mol. The first-order valence-electron chi connectivity index (χ1n) is 9.01. The molecule has 0 saturated carbocycles.